The highest BCUT2D eigenvalue weighted by Crippen LogP contribution is 2.30. The van der Waals surface area contributed by atoms with Gasteiger partial charge in [-0.1, -0.05) is 55.5 Å². The number of aliphatic carboxylic acids is 1. The van der Waals surface area contributed by atoms with E-state index in [1.54, 1.807) is 63.2 Å². The largest absolute Gasteiger partial charge is 0.481 e. The average Bonchev–Trinajstić information content (AvgIpc) is 2.63. The maximum Gasteiger partial charge on any atom is 0.315 e. The van der Waals surface area contributed by atoms with Crippen molar-refractivity contribution in [1.29, 1.82) is 0 Å². The van der Waals surface area contributed by atoms with Crippen molar-refractivity contribution in [3.8, 4) is 0 Å². The summed E-state index contributed by atoms with van der Waals surface area (Å²) in [7, 11) is 0. The van der Waals surface area contributed by atoms with Gasteiger partial charge in [-0.05, 0) is 31.9 Å². The number of nitrogens with one attached hydrogen (secondary N) is 1. The molecule has 0 heterocycles. The van der Waals surface area contributed by atoms with Crippen LogP contribution in [0.4, 0.5) is 4.39 Å². The monoisotopic (exact) mass is 357 g/mol. The fraction of sp³-hybridized carbons (Fsp3) is 0.333. The number of carboxylic acid groups (broad SMARTS) is 1. The van der Waals surface area contributed by atoms with E-state index < -0.39 is 28.5 Å². The van der Waals surface area contributed by atoms with Crippen molar-refractivity contribution in [1.82, 2.24) is 5.32 Å². The third-order valence-electron chi connectivity index (χ3n) is 5.00. The number of amides is 1. The number of carboxylic acids is 1. The highest BCUT2D eigenvalue weighted by molar-refractivity contribution is 5.89. The smallest absolute Gasteiger partial charge is 0.315 e. The van der Waals surface area contributed by atoms with Gasteiger partial charge in [0.1, 0.15) is 11.2 Å². The van der Waals surface area contributed by atoms with Crippen molar-refractivity contribution in [3.05, 3.63) is 71.5 Å². The molecule has 26 heavy (non-hydrogen) atoms. The number of carbonyl (C=O) groups excluding carboxylic acids is 1. The lowest BCUT2D eigenvalue weighted by Gasteiger charge is -2.31. The minimum atomic E-state index is -1.23. The Morgan fingerprint density at radius 3 is 2.15 bits per heavy atom. The van der Waals surface area contributed by atoms with Crippen LogP contribution in [0.15, 0.2) is 54.6 Å². The predicted octanol–water partition coefficient (Wildman–Crippen LogP) is 3.65. The van der Waals surface area contributed by atoms with Gasteiger partial charge in [-0.3, -0.25) is 9.59 Å². The molecule has 0 bridgehead atoms. The van der Waals surface area contributed by atoms with E-state index in [4.69, 9.17) is 0 Å². The summed E-state index contributed by atoms with van der Waals surface area (Å²) in [4.78, 5) is 24.8. The van der Waals surface area contributed by atoms with Crippen LogP contribution in [0.1, 0.15) is 38.3 Å². The predicted molar refractivity (Wildman–Crippen MR) is 98.5 cm³/mol. The summed E-state index contributed by atoms with van der Waals surface area (Å²) in [5, 5.41) is 12.6. The first-order chi connectivity index (χ1) is 12.3. The zero-order valence-corrected chi connectivity index (χ0v) is 15.3. The second-order valence-electron chi connectivity index (χ2n) is 6.89. The van der Waals surface area contributed by atoms with E-state index in [0.29, 0.717) is 12.0 Å². The zero-order valence-electron chi connectivity index (χ0n) is 15.3. The van der Waals surface area contributed by atoms with Crippen LogP contribution in [0.25, 0.3) is 0 Å². The van der Waals surface area contributed by atoms with Crippen molar-refractivity contribution in [2.45, 2.75) is 38.0 Å². The summed E-state index contributed by atoms with van der Waals surface area (Å²) in [6.45, 7) is 4.95. The van der Waals surface area contributed by atoms with Crippen molar-refractivity contribution in [3.63, 3.8) is 0 Å². The maximum absolute atomic E-state index is 14.1. The van der Waals surface area contributed by atoms with Crippen LogP contribution in [0, 0.1) is 5.82 Å². The standard InChI is InChI=1S/C21H24FNO3/c1-4-21(19(25)26,15-10-6-5-7-11-15)14-23-18(24)20(2,3)16-12-8-9-13-17(16)22/h5-13H,4,14H2,1-3H3,(H,23,24)(H,25,26). The number of carbonyl (C=O) groups is 2. The number of rotatable bonds is 7. The number of hydrogen-bond acceptors (Lipinski definition) is 2. The van der Waals surface area contributed by atoms with E-state index in [9.17, 15) is 19.1 Å². The van der Waals surface area contributed by atoms with Gasteiger partial charge in [0.15, 0.2) is 0 Å². The van der Waals surface area contributed by atoms with Crippen LogP contribution >= 0.6 is 0 Å². The van der Waals surface area contributed by atoms with Crippen LogP contribution in [0.5, 0.6) is 0 Å². The molecule has 5 heteroatoms. The van der Waals surface area contributed by atoms with E-state index in [1.807, 2.05) is 6.07 Å². The van der Waals surface area contributed by atoms with Gasteiger partial charge in [0.2, 0.25) is 5.91 Å². The molecule has 4 nitrogen and oxygen atoms in total. The van der Waals surface area contributed by atoms with Crippen LogP contribution in [0.2, 0.25) is 0 Å². The summed E-state index contributed by atoms with van der Waals surface area (Å²) >= 11 is 0. The molecule has 2 N–H and O–H groups in total. The molecule has 138 valence electrons. The van der Waals surface area contributed by atoms with Gasteiger partial charge in [-0.25, -0.2) is 4.39 Å². The molecule has 1 unspecified atom stereocenters. The molecule has 0 radical (unpaired) electrons. The van der Waals surface area contributed by atoms with E-state index in [1.165, 1.54) is 6.07 Å². The molecule has 0 saturated carbocycles. The van der Waals surface area contributed by atoms with Gasteiger partial charge in [0.25, 0.3) is 0 Å². The van der Waals surface area contributed by atoms with Gasteiger partial charge < -0.3 is 10.4 Å². The SMILES string of the molecule is CCC(CNC(=O)C(C)(C)c1ccccc1F)(C(=O)O)c1ccccc1. The van der Waals surface area contributed by atoms with Crippen LogP contribution in [-0.2, 0) is 20.4 Å². The van der Waals surface area contributed by atoms with Crippen molar-refractivity contribution in [2.75, 3.05) is 6.54 Å². The van der Waals surface area contributed by atoms with Crippen LogP contribution < -0.4 is 5.32 Å². The van der Waals surface area contributed by atoms with Crippen molar-refractivity contribution < 1.29 is 19.1 Å². The molecule has 2 aromatic rings. The molecule has 0 aliphatic carbocycles. The second-order valence-corrected chi connectivity index (χ2v) is 6.89. The Hall–Kier alpha value is -2.69. The molecule has 0 spiro atoms. The Labute approximate surface area is 153 Å². The molecule has 0 aromatic heterocycles. The lowest BCUT2D eigenvalue weighted by Crippen LogP contribution is -2.50. The Balaban J connectivity index is 2.28. The molecule has 2 aromatic carbocycles. The first-order valence-electron chi connectivity index (χ1n) is 8.58. The molecule has 1 atom stereocenters. The quantitative estimate of drug-likeness (QED) is 0.795. The fourth-order valence-electron chi connectivity index (χ4n) is 3.08. The van der Waals surface area contributed by atoms with E-state index in [2.05, 4.69) is 5.32 Å². The number of halogens is 1. The topological polar surface area (TPSA) is 66.4 Å². The summed E-state index contributed by atoms with van der Waals surface area (Å²) in [6.07, 6.45) is 0.312. The third-order valence-corrected chi connectivity index (χ3v) is 5.00. The second kappa shape index (κ2) is 7.68. The minimum Gasteiger partial charge on any atom is -0.481 e. The van der Waals surface area contributed by atoms with Crippen molar-refractivity contribution in [2.24, 2.45) is 0 Å². The minimum absolute atomic E-state index is 0.0699. The molecule has 0 saturated heterocycles. The highest BCUT2D eigenvalue weighted by atomic mass is 19.1. The van der Waals surface area contributed by atoms with Crippen LogP contribution in [0.3, 0.4) is 0 Å². The number of benzene rings is 2. The summed E-state index contributed by atoms with van der Waals surface area (Å²) in [5.41, 5.74) is -1.46. The Morgan fingerprint density at radius 1 is 1.04 bits per heavy atom. The van der Waals surface area contributed by atoms with Crippen LogP contribution in [-0.4, -0.2) is 23.5 Å². The third kappa shape index (κ3) is 3.62. The summed E-state index contributed by atoms with van der Waals surface area (Å²) in [6, 6.07) is 14.9. The highest BCUT2D eigenvalue weighted by Gasteiger charge is 2.41. The fourth-order valence-corrected chi connectivity index (χ4v) is 3.08. The summed E-state index contributed by atoms with van der Waals surface area (Å²) < 4.78 is 14.1. The number of hydrogen-bond donors (Lipinski definition) is 2. The van der Waals surface area contributed by atoms with Gasteiger partial charge in [0, 0.05) is 12.1 Å². The molecular weight excluding hydrogens is 333 g/mol. The lowest BCUT2D eigenvalue weighted by atomic mass is 9.77. The average molecular weight is 357 g/mol. The lowest BCUT2D eigenvalue weighted by molar-refractivity contribution is -0.144. The van der Waals surface area contributed by atoms with E-state index in [-0.39, 0.29) is 12.1 Å². The van der Waals surface area contributed by atoms with Crippen molar-refractivity contribution >= 4 is 11.9 Å². The molecule has 2 rings (SSSR count). The summed E-state index contributed by atoms with van der Waals surface area (Å²) in [5.74, 6) is -1.89. The van der Waals surface area contributed by atoms with E-state index >= 15 is 0 Å². The van der Waals surface area contributed by atoms with E-state index in [0.717, 1.165) is 0 Å². The normalized spacial score (nSPS) is 13.7. The van der Waals surface area contributed by atoms with Gasteiger partial charge in [0.05, 0.1) is 5.41 Å². The molecule has 0 aliphatic rings. The first-order valence-corrected chi connectivity index (χ1v) is 8.58. The molecule has 0 aliphatic heterocycles. The zero-order chi connectivity index (χ0) is 19.4. The Morgan fingerprint density at radius 2 is 1.62 bits per heavy atom. The Kier molecular flexibility index (Phi) is 5.80. The Bertz CT molecular complexity index is 789. The van der Waals surface area contributed by atoms with Gasteiger partial charge in [-0.15, -0.1) is 0 Å². The van der Waals surface area contributed by atoms with Gasteiger partial charge in [-0.2, -0.15) is 0 Å². The first kappa shape index (κ1) is 19.6. The maximum atomic E-state index is 14.1. The van der Waals surface area contributed by atoms with Gasteiger partial charge >= 0.3 is 5.97 Å². The molecule has 1 amide bonds. The molecule has 0 fully saturated rings. The molecular formula is C21H24FNO3.